The van der Waals surface area contributed by atoms with Crippen LogP contribution in [0.15, 0.2) is 130 Å². The lowest BCUT2D eigenvalue weighted by Gasteiger charge is -2.27. The number of thioether (sulfide) groups is 1. The van der Waals surface area contributed by atoms with Gasteiger partial charge in [0.05, 0.1) is 5.41 Å². The highest BCUT2D eigenvalue weighted by atomic mass is 32.2. The topological polar surface area (TPSA) is 6.25 Å². The van der Waals surface area contributed by atoms with Crippen molar-refractivity contribution in [3.63, 3.8) is 0 Å². The number of nitrogens with zero attached hydrogens (tertiary/aromatic N) is 2. The van der Waals surface area contributed by atoms with Crippen molar-refractivity contribution < 1.29 is 4.58 Å². The molecular weight excluding hydrogens is 601 g/mol. The second-order valence-corrected chi connectivity index (χ2v) is 15.8. The van der Waals surface area contributed by atoms with Crippen LogP contribution in [0.4, 0.5) is 11.4 Å². The average molecular weight is 656 g/mol. The first-order valence-corrected chi connectivity index (χ1v) is 19.3. The highest BCUT2D eigenvalue weighted by molar-refractivity contribution is 8.03. The summed E-state index contributed by atoms with van der Waals surface area (Å²) >= 11 is 1.96. The summed E-state index contributed by atoms with van der Waals surface area (Å²) in [6, 6.07) is 29.1. The van der Waals surface area contributed by atoms with Crippen molar-refractivity contribution in [3.8, 4) is 0 Å². The monoisotopic (exact) mass is 655 g/mol. The van der Waals surface area contributed by atoms with Crippen molar-refractivity contribution in [1.82, 2.24) is 0 Å². The van der Waals surface area contributed by atoms with Crippen LogP contribution in [-0.2, 0) is 10.8 Å². The van der Waals surface area contributed by atoms with Crippen LogP contribution >= 0.6 is 11.8 Å². The lowest BCUT2D eigenvalue weighted by atomic mass is 9.81. The van der Waals surface area contributed by atoms with Gasteiger partial charge in [0.1, 0.15) is 6.54 Å². The van der Waals surface area contributed by atoms with E-state index in [1.165, 1.54) is 93.4 Å². The first kappa shape index (κ1) is 34.3. The van der Waals surface area contributed by atoms with Crippen molar-refractivity contribution >= 4 is 28.8 Å². The second-order valence-electron chi connectivity index (χ2n) is 14.7. The van der Waals surface area contributed by atoms with Crippen molar-refractivity contribution in [3.05, 3.63) is 136 Å². The third kappa shape index (κ3) is 6.81. The molecule has 0 spiro atoms. The molecule has 48 heavy (non-hydrogen) atoms. The van der Waals surface area contributed by atoms with Gasteiger partial charge in [0.25, 0.3) is 0 Å². The smallest absolute Gasteiger partial charge is 0.209 e. The van der Waals surface area contributed by atoms with Gasteiger partial charge in [0.15, 0.2) is 5.71 Å². The summed E-state index contributed by atoms with van der Waals surface area (Å²) in [6.45, 7) is 16.3. The molecule has 2 aliphatic heterocycles. The van der Waals surface area contributed by atoms with Gasteiger partial charge in [0, 0.05) is 57.3 Å². The van der Waals surface area contributed by atoms with Gasteiger partial charge in [-0.2, -0.15) is 4.58 Å². The Labute approximate surface area is 295 Å². The number of para-hydroxylation sites is 2. The Balaban J connectivity index is 1.46. The fraction of sp³-hybridized carbons (Fsp3) is 0.400. The predicted molar refractivity (Wildman–Crippen MR) is 209 cm³/mol. The fourth-order valence-electron chi connectivity index (χ4n) is 7.87. The first-order valence-electron chi connectivity index (χ1n) is 18.4. The van der Waals surface area contributed by atoms with Crippen molar-refractivity contribution in [1.29, 1.82) is 0 Å². The average Bonchev–Trinajstić information content (AvgIpc) is 3.33. The predicted octanol–water partition coefficient (Wildman–Crippen LogP) is 12.4. The number of hydrogen-bond donors (Lipinski definition) is 0. The van der Waals surface area contributed by atoms with E-state index in [-0.39, 0.29) is 10.8 Å². The molecule has 3 heteroatoms. The van der Waals surface area contributed by atoms with Crippen molar-refractivity contribution in [2.24, 2.45) is 0 Å². The van der Waals surface area contributed by atoms with Gasteiger partial charge in [-0.15, -0.1) is 0 Å². The molecule has 0 fully saturated rings. The minimum Gasteiger partial charge on any atom is -0.344 e. The summed E-state index contributed by atoms with van der Waals surface area (Å²) in [6.07, 6.45) is 19.3. The van der Waals surface area contributed by atoms with Crippen LogP contribution in [0.1, 0.15) is 104 Å². The number of anilines is 1. The highest BCUT2D eigenvalue weighted by Crippen LogP contribution is 2.48. The maximum atomic E-state index is 2.60. The van der Waals surface area contributed by atoms with E-state index in [0.717, 1.165) is 25.9 Å². The summed E-state index contributed by atoms with van der Waals surface area (Å²) < 4.78 is 2.60. The van der Waals surface area contributed by atoms with E-state index in [1.807, 2.05) is 11.8 Å². The Morgan fingerprint density at radius 3 is 2.19 bits per heavy atom. The summed E-state index contributed by atoms with van der Waals surface area (Å²) in [4.78, 5) is 5.35. The van der Waals surface area contributed by atoms with E-state index in [0.29, 0.717) is 0 Å². The van der Waals surface area contributed by atoms with Gasteiger partial charge >= 0.3 is 0 Å². The van der Waals surface area contributed by atoms with Gasteiger partial charge in [-0.25, -0.2) is 0 Å². The Morgan fingerprint density at radius 2 is 1.42 bits per heavy atom. The molecule has 3 aromatic carbocycles. The summed E-state index contributed by atoms with van der Waals surface area (Å²) in [7, 11) is 0. The molecule has 0 bridgehead atoms. The highest BCUT2D eigenvalue weighted by Gasteiger charge is 2.44. The molecule has 0 atom stereocenters. The molecule has 0 saturated heterocycles. The van der Waals surface area contributed by atoms with Gasteiger partial charge in [-0.05, 0) is 86.9 Å². The number of hydrogen-bond acceptors (Lipinski definition) is 2. The third-order valence-electron chi connectivity index (χ3n) is 10.6. The molecule has 250 valence electrons. The Bertz CT molecular complexity index is 1770. The van der Waals surface area contributed by atoms with Crippen molar-refractivity contribution in [2.75, 3.05) is 18.0 Å². The minimum atomic E-state index is -0.0348. The molecular formula is C45H55N2S+. The minimum absolute atomic E-state index is 0.0348. The summed E-state index contributed by atoms with van der Waals surface area (Å²) in [5, 5.41) is 0. The molecule has 6 rings (SSSR count). The van der Waals surface area contributed by atoms with Crippen LogP contribution in [0.5, 0.6) is 0 Å². The van der Waals surface area contributed by atoms with Gasteiger partial charge < -0.3 is 4.90 Å². The molecule has 0 saturated carbocycles. The molecule has 2 nitrogen and oxygen atoms in total. The van der Waals surface area contributed by atoms with Crippen LogP contribution in [0.3, 0.4) is 0 Å². The largest absolute Gasteiger partial charge is 0.344 e. The van der Waals surface area contributed by atoms with Gasteiger partial charge in [-0.1, -0.05) is 119 Å². The SMILES string of the molecule is CCCCN1C(=CC=C2CCCCC(C=CC3=[N+](CCCC)c4ccccc4C3(C)C)=C2Sc2ccccc2)C(C)(C)c2ccccc21. The van der Waals surface area contributed by atoms with Crippen molar-refractivity contribution in [2.45, 2.75) is 109 Å². The number of fused-ring (bicyclic) bond motifs is 2. The van der Waals surface area contributed by atoms with Crippen LogP contribution in [0.25, 0.3) is 0 Å². The summed E-state index contributed by atoms with van der Waals surface area (Å²) in [5.74, 6) is 0. The van der Waals surface area contributed by atoms with Crippen LogP contribution < -0.4 is 4.90 Å². The maximum absolute atomic E-state index is 2.60. The zero-order valence-electron chi connectivity index (χ0n) is 30.2. The molecule has 2 heterocycles. The van der Waals surface area contributed by atoms with E-state index in [2.05, 4.69) is 154 Å². The Hall–Kier alpha value is -3.56. The third-order valence-corrected chi connectivity index (χ3v) is 11.9. The molecule has 0 unspecified atom stereocenters. The maximum Gasteiger partial charge on any atom is 0.209 e. The van der Waals surface area contributed by atoms with E-state index in [4.69, 9.17) is 0 Å². The lowest BCUT2D eigenvalue weighted by Crippen LogP contribution is -2.28. The van der Waals surface area contributed by atoms with Gasteiger partial charge in [-0.3, -0.25) is 0 Å². The zero-order valence-corrected chi connectivity index (χ0v) is 31.0. The number of unbranched alkanes of at least 4 members (excludes halogenated alkanes) is 2. The second kappa shape index (κ2) is 14.9. The number of rotatable bonds is 11. The van der Waals surface area contributed by atoms with E-state index < -0.39 is 0 Å². The van der Waals surface area contributed by atoms with Crippen LogP contribution in [0.2, 0.25) is 0 Å². The zero-order chi connectivity index (χ0) is 33.7. The van der Waals surface area contributed by atoms with Crippen LogP contribution in [-0.4, -0.2) is 23.4 Å². The van der Waals surface area contributed by atoms with E-state index in [1.54, 1.807) is 0 Å². The molecule has 1 aliphatic carbocycles. The first-order chi connectivity index (χ1) is 23.3. The standard InChI is InChI=1S/C45H55N2S/c1-7-9-32-46-39-26-18-16-24-37(39)44(3,4)41(46)30-28-34-20-14-15-21-35(43(34)48-36-22-12-11-13-23-36)29-31-42-45(5,6)38-25-17-19-27-40(38)47(42)33-10-8-2/h11-13,16-19,22-31H,7-10,14-15,20-21,32-33H2,1-6H3/q+1. The van der Waals surface area contributed by atoms with Gasteiger partial charge in [0.2, 0.25) is 5.69 Å². The molecule has 0 aromatic heterocycles. The Kier molecular flexibility index (Phi) is 10.7. The van der Waals surface area contributed by atoms with E-state index in [9.17, 15) is 0 Å². The lowest BCUT2D eigenvalue weighted by molar-refractivity contribution is -0.438. The normalized spacial score (nSPS) is 20.2. The number of allylic oxidation sites excluding steroid dienone is 7. The quantitative estimate of drug-likeness (QED) is 0.190. The Morgan fingerprint density at radius 1 is 0.729 bits per heavy atom. The molecule has 0 N–H and O–H groups in total. The molecule has 0 radical (unpaired) electrons. The van der Waals surface area contributed by atoms with Crippen LogP contribution in [0, 0.1) is 0 Å². The molecule has 3 aliphatic rings. The fourth-order valence-corrected chi connectivity index (χ4v) is 9.01. The molecule has 3 aromatic rings. The van der Waals surface area contributed by atoms with E-state index >= 15 is 0 Å². The molecule has 0 amide bonds. The number of benzene rings is 3. The summed E-state index contributed by atoms with van der Waals surface area (Å²) in [5.41, 5.74) is 11.3.